The summed E-state index contributed by atoms with van der Waals surface area (Å²) in [5, 5.41) is 3.68. The van der Waals surface area contributed by atoms with Crippen LogP contribution in [0.5, 0.6) is 0 Å². The van der Waals surface area contributed by atoms with Crippen LogP contribution in [-0.4, -0.2) is 37.4 Å². The molecule has 0 radical (unpaired) electrons. The smallest absolute Gasteiger partial charge is 0.118 e. The van der Waals surface area contributed by atoms with Crippen molar-refractivity contribution in [2.75, 3.05) is 26.2 Å². The molecule has 0 aromatic carbocycles. The molecule has 0 spiro atoms. The fourth-order valence-corrected chi connectivity index (χ4v) is 1.02. The zero-order valence-electron chi connectivity index (χ0n) is 8.42. The minimum absolute atomic E-state index is 0.723. The Kier molecular flexibility index (Phi) is 8.12. The second kappa shape index (κ2) is 8.53. The van der Waals surface area contributed by atoms with Crippen molar-refractivity contribution in [1.82, 2.24) is 4.90 Å². The first-order valence-corrected chi connectivity index (χ1v) is 4.67. The number of rotatable bonds is 7. The van der Waals surface area contributed by atoms with Crippen LogP contribution in [0.15, 0.2) is 5.16 Å². The summed E-state index contributed by atoms with van der Waals surface area (Å²) in [6.45, 7) is 10.3. The van der Waals surface area contributed by atoms with Crippen molar-refractivity contribution in [1.29, 1.82) is 0 Å². The van der Waals surface area contributed by atoms with Gasteiger partial charge in [0.25, 0.3) is 0 Å². The standard InChI is InChI=1S/C9H20N2O/c1-4-10-12-9-7-8-11(5-2)6-3/h4H,5-9H2,1-3H3/b10-4+. The van der Waals surface area contributed by atoms with Crippen molar-refractivity contribution in [3.8, 4) is 0 Å². The van der Waals surface area contributed by atoms with Gasteiger partial charge >= 0.3 is 0 Å². The maximum atomic E-state index is 4.96. The first kappa shape index (κ1) is 11.4. The van der Waals surface area contributed by atoms with Crippen molar-refractivity contribution in [2.24, 2.45) is 5.16 Å². The molecule has 0 aromatic rings. The van der Waals surface area contributed by atoms with Crippen molar-refractivity contribution < 1.29 is 4.84 Å². The van der Waals surface area contributed by atoms with Crippen molar-refractivity contribution in [2.45, 2.75) is 27.2 Å². The van der Waals surface area contributed by atoms with Gasteiger partial charge in [0.05, 0.1) is 0 Å². The van der Waals surface area contributed by atoms with E-state index in [0.29, 0.717) is 0 Å². The first-order chi connectivity index (χ1) is 5.85. The molecule has 0 aliphatic carbocycles. The van der Waals surface area contributed by atoms with Gasteiger partial charge in [0.2, 0.25) is 0 Å². The number of hydrogen-bond acceptors (Lipinski definition) is 3. The van der Waals surface area contributed by atoms with Crippen LogP contribution >= 0.6 is 0 Å². The second-order valence-electron chi connectivity index (χ2n) is 2.58. The van der Waals surface area contributed by atoms with Crippen LogP contribution in [0.4, 0.5) is 0 Å². The van der Waals surface area contributed by atoms with E-state index in [4.69, 9.17) is 4.84 Å². The Morgan fingerprint density at radius 3 is 2.50 bits per heavy atom. The SMILES string of the molecule is C/C=N/OCCCN(CC)CC. The zero-order valence-corrected chi connectivity index (χ0v) is 8.42. The molecule has 0 aliphatic rings. The second-order valence-corrected chi connectivity index (χ2v) is 2.58. The van der Waals surface area contributed by atoms with E-state index in [1.54, 1.807) is 6.21 Å². The summed E-state index contributed by atoms with van der Waals surface area (Å²) in [5.41, 5.74) is 0. The lowest BCUT2D eigenvalue weighted by molar-refractivity contribution is 0.131. The molecule has 72 valence electrons. The van der Waals surface area contributed by atoms with Gasteiger partial charge in [0.1, 0.15) is 6.61 Å². The van der Waals surface area contributed by atoms with Crippen LogP contribution in [0, 0.1) is 0 Å². The predicted octanol–water partition coefficient (Wildman–Crippen LogP) is 1.74. The lowest BCUT2D eigenvalue weighted by atomic mass is 10.4. The van der Waals surface area contributed by atoms with Crippen molar-refractivity contribution >= 4 is 6.21 Å². The third-order valence-electron chi connectivity index (χ3n) is 1.78. The van der Waals surface area contributed by atoms with Gasteiger partial charge in [-0.3, -0.25) is 0 Å². The van der Waals surface area contributed by atoms with Crippen LogP contribution in [0.2, 0.25) is 0 Å². The monoisotopic (exact) mass is 172 g/mol. The molecular formula is C9H20N2O. The predicted molar refractivity (Wildman–Crippen MR) is 52.5 cm³/mol. The Morgan fingerprint density at radius 1 is 1.33 bits per heavy atom. The average molecular weight is 172 g/mol. The Bertz CT molecular complexity index is 111. The molecule has 3 nitrogen and oxygen atoms in total. The molecule has 0 unspecified atom stereocenters. The van der Waals surface area contributed by atoms with Gasteiger partial charge in [0, 0.05) is 12.8 Å². The van der Waals surface area contributed by atoms with E-state index < -0.39 is 0 Å². The van der Waals surface area contributed by atoms with Crippen LogP contribution < -0.4 is 0 Å². The van der Waals surface area contributed by atoms with Gasteiger partial charge in [-0.05, 0) is 26.4 Å². The third-order valence-corrected chi connectivity index (χ3v) is 1.78. The summed E-state index contributed by atoms with van der Waals surface area (Å²) in [4.78, 5) is 7.34. The van der Waals surface area contributed by atoms with Crippen LogP contribution in [0.1, 0.15) is 27.2 Å². The molecule has 0 rings (SSSR count). The summed E-state index contributed by atoms with van der Waals surface area (Å²) in [5.74, 6) is 0. The highest BCUT2D eigenvalue weighted by molar-refractivity contribution is 5.52. The van der Waals surface area contributed by atoms with E-state index in [-0.39, 0.29) is 0 Å². The molecule has 3 heteroatoms. The van der Waals surface area contributed by atoms with E-state index >= 15 is 0 Å². The Hall–Kier alpha value is -0.570. The Morgan fingerprint density at radius 2 is 2.00 bits per heavy atom. The summed E-state index contributed by atoms with van der Waals surface area (Å²) < 4.78 is 0. The van der Waals surface area contributed by atoms with Crippen molar-refractivity contribution in [3.05, 3.63) is 0 Å². The van der Waals surface area contributed by atoms with Crippen LogP contribution in [-0.2, 0) is 4.84 Å². The summed E-state index contributed by atoms with van der Waals surface area (Å²) >= 11 is 0. The molecule has 0 aliphatic heterocycles. The number of oxime groups is 1. The molecule has 0 saturated carbocycles. The highest BCUT2D eigenvalue weighted by Gasteiger charge is 1.97. The molecule has 0 saturated heterocycles. The minimum Gasteiger partial charge on any atom is -0.396 e. The van der Waals surface area contributed by atoms with Gasteiger partial charge in [-0.2, -0.15) is 0 Å². The topological polar surface area (TPSA) is 24.8 Å². The van der Waals surface area contributed by atoms with Gasteiger partial charge in [-0.15, -0.1) is 0 Å². The van der Waals surface area contributed by atoms with Gasteiger partial charge in [-0.1, -0.05) is 19.0 Å². The molecule has 0 aromatic heterocycles. The lowest BCUT2D eigenvalue weighted by Crippen LogP contribution is -2.24. The maximum absolute atomic E-state index is 4.96. The van der Waals surface area contributed by atoms with Gasteiger partial charge in [0.15, 0.2) is 0 Å². The lowest BCUT2D eigenvalue weighted by Gasteiger charge is -2.16. The molecular weight excluding hydrogens is 152 g/mol. The quantitative estimate of drug-likeness (QED) is 0.332. The highest BCUT2D eigenvalue weighted by atomic mass is 16.6. The van der Waals surface area contributed by atoms with Crippen molar-refractivity contribution in [3.63, 3.8) is 0 Å². The van der Waals surface area contributed by atoms with E-state index in [0.717, 1.165) is 32.7 Å². The highest BCUT2D eigenvalue weighted by Crippen LogP contribution is 1.91. The van der Waals surface area contributed by atoms with E-state index in [1.807, 2.05) is 6.92 Å². The normalized spacial score (nSPS) is 11.3. The molecule has 0 fully saturated rings. The fourth-order valence-electron chi connectivity index (χ4n) is 1.02. The number of nitrogens with zero attached hydrogens (tertiary/aromatic N) is 2. The molecule has 12 heavy (non-hydrogen) atoms. The Balaban J connectivity index is 3.17. The van der Waals surface area contributed by atoms with E-state index in [9.17, 15) is 0 Å². The Labute approximate surface area is 75.4 Å². The fraction of sp³-hybridized carbons (Fsp3) is 0.889. The first-order valence-electron chi connectivity index (χ1n) is 4.67. The van der Waals surface area contributed by atoms with Gasteiger partial charge < -0.3 is 9.74 Å². The van der Waals surface area contributed by atoms with Crippen LogP contribution in [0.3, 0.4) is 0 Å². The maximum Gasteiger partial charge on any atom is 0.118 e. The number of hydrogen-bond donors (Lipinski definition) is 0. The molecule has 0 bridgehead atoms. The summed E-state index contributed by atoms with van der Waals surface area (Å²) in [6, 6.07) is 0. The molecule has 0 heterocycles. The summed E-state index contributed by atoms with van der Waals surface area (Å²) in [6.07, 6.45) is 2.72. The van der Waals surface area contributed by atoms with E-state index in [1.165, 1.54) is 0 Å². The molecule has 0 atom stereocenters. The largest absolute Gasteiger partial charge is 0.396 e. The van der Waals surface area contributed by atoms with Crippen LogP contribution in [0.25, 0.3) is 0 Å². The molecule has 0 amide bonds. The minimum atomic E-state index is 0.723. The van der Waals surface area contributed by atoms with E-state index in [2.05, 4.69) is 23.9 Å². The van der Waals surface area contributed by atoms with Gasteiger partial charge in [-0.25, -0.2) is 0 Å². The average Bonchev–Trinajstić information content (AvgIpc) is 2.11. The third kappa shape index (κ3) is 6.16. The zero-order chi connectivity index (χ0) is 9.23. The molecule has 0 N–H and O–H groups in total. The summed E-state index contributed by atoms with van der Waals surface area (Å²) in [7, 11) is 0.